The van der Waals surface area contributed by atoms with Crippen LogP contribution in [0.5, 0.6) is 0 Å². The number of carbonyl (C=O) groups excluding carboxylic acids is 1. The lowest BCUT2D eigenvalue weighted by molar-refractivity contribution is -0.120. The number of nitrogens with zero attached hydrogens (tertiary/aromatic N) is 1. The Bertz CT molecular complexity index is 634. The minimum Gasteiger partial charge on any atom is -0.356 e. The molecule has 5 nitrogen and oxygen atoms in total. The number of amides is 1. The van der Waals surface area contributed by atoms with Crippen LogP contribution in [0.25, 0.3) is 10.8 Å². The van der Waals surface area contributed by atoms with E-state index in [2.05, 4.69) is 22.4 Å². The van der Waals surface area contributed by atoms with Gasteiger partial charge in [-0.15, -0.1) is 0 Å². The first-order valence-corrected chi connectivity index (χ1v) is 6.45. The van der Waals surface area contributed by atoms with Crippen LogP contribution in [-0.4, -0.2) is 22.6 Å². The van der Waals surface area contributed by atoms with E-state index in [4.69, 9.17) is 0 Å². The molecule has 5 heteroatoms. The maximum absolute atomic E-state index is 11.8. The monoisotopic (exact) mass is 259 g/mol. The van der Waals surface area contributed by atoms with Crippen molar-refractivity contribution >= 4 is 16.7 Å². The van der Waals surface area contributed by atoms with E-state index >= 15 is 0 Å². The first kappa shape index (κ1) is 13.3. The molecule has 100 valence electrons. The van der Waals surface area contributed by atoms with Crippen molar-refractivity contribution in [2.24, 2.45) is 0 Å². The van der Waals surface area contributed by atoms with Crippen LogP contribution in [0.3, 0.4) is 0 Å². The van der Waals surface area contributed by atoms with E-state index < -0.39 is 0 Å². The van der Waals surface area contributed by atoms with Gasteiger partial charge in [0.2, 0.25) is 5.91 Å². The number of unbranched alkanes of at least 4 members (excludes halogenated alkanes) is 1. The van der Waals surface area contributed by atoms with E-state index in [0.717, 1.165) is 18.2 Å². The highest BCUT2D eigenvalue weighted by molar-refractivity contribution is 5.88. The van der Waals surface area contributed by atoms with Crippen LogP contribution in [0.4, 0.5) is 0 Å². The Morgan fingerprint density at radius 2 is 2.05 bits per heavy atom. The van der Waals surface area contributed by atoms with E-state index in [-0.39, 0.29) is 17.9 Å². The molecule has 0 aliphatic carbocycles. The molecule has 0 fully saturated rings. The van der Waals surface area contributed by atoms with Crippen molar-refractivity contribution in [3.63, 3.8) is 0 Å². The number of H-pyrrole nitrogens is 1. The van der Waals surface area contributed by atoms with E-state index in [9.17, 15) is 9.59 Å². The van der Waals surface area contributed by atoms with Gasteiger partial charge in [-0.1, -0.05) is 31.5 Å². The Morgan fingerprint density at radius 1 is 1.32 bits per heavy atom. The molecule has 1 amide bonds. The molecular formula is C14H17N3O2. The van der Waals surface area contributed by atoms with Gasteiger partial charge < -0.3 is 5.32 Å². The summed E-state index contributed by atoms with van der Waals surface area (Å²) in [7, 11) is 0. The van der Waals surface area contributed by atoms with Gasteiger partial charge in [-0.25, -0.2) is 5.10 Å². The Labute approximate surface area is 111 Å². The molecule has 0 aliphatic rings. The normalized spacial score (nSPS) is 10.6. The van der Waals surface area contributed by atoms with Crippen molar-refractivity contribution in [2.45, 2.75) is 26.2 Å². The van der Waals surface area contributed by atoms with E-state index in [1.165, 1.54) is 0 Å². The van der Waals surface area contributed by atoms with Crippen molar-refractivity contribution in [1.82, 2.24) is 15.5 Å². The van der Waals surface area contributed by atoms with E-state index in [1.54, 1.807) is 12.1 Å². The molecule has 1 aromatic carbocycles. The van der Waals surface area contributed by atoms with Crippen LogP contribution in [0.2, 0.25) is 0 Å². The van der Waals surface area contributed by atoms with Crippen molar-refractivity contribution in [3.8, 4) is 0 Å². The molecule has 19 heavy (non-hydrogen) atoms. The smallest absolute Gasteiger partial charge is 0.272 e. The fraction of sp³-hybridized carbons (Fsp3) is 0.357. The molecule has 0 spiro atoms. The van der Waals surface area contributed by atoms with Gasteiger partial charge in [-0.05, 0) is 12.5 Å². The Hall–Kier alpha value is -2.17. The number of fused-ring (bicyclic) bond motifs is 1. The number of aromatic nitrogens is 2. The van der Waals surface area contributed by atoms with Gasteiger partial charge in [-0.3, -0.25) is 9.59 Å². The molecule has 0 atom stereocenters. The molecule has 2 rings (SSSR count). The van der Waals surface area contributed by atoms with E-state index in [1.807, 2.05) is 12.1 Å². The summed E-state index contributed by atoms with van der Waals surface area (Å²) in [6.45, 7) is 2.75. The second-order valence-electron chi connectivity index (χ2n) is 4.43. The van der Waals surface area contributed by atoms with E-state index in [0.29, 0.717) is 17.6 Å². The standard InChI is InChI=1S/C14H17N3O2/c1-2-3-8-15-13(18)9-12-10-6-4-5-7-11(10)14(19)17-16-12/h4-7H,2-3,8-9H2,1H3,(H,15,18)(H,17,19). The van der Waals surface area contributed by atoms with Gasteiger partial charge in [0.1, 0.15) is 0 Å². The minimum atomic E-state index is -0.231. The van der Waals surface area contributed by atoms with Gasteiger partial charge in [0, 0.05) is 11.9 Å². The topological polar surface area (TPSA) is 74.8 Å². The second-order valence-corrected chi connectivity index (χ2v) is 4.43. The molecule has 2 N–H and O–H groups in total. The number of rotatable bonds is 5. The number of carbonyl (C=O) groups is 1. The van der Waals surface area contributed by atoms with Crippen LogP contribution in [0.15, 0.2) is 29.1 Å². The van der Waals surface area contributed by atoms with Crippen LogP contribution in [-0.2, 0) is 11.2 Å². The number of hydrogen-bond donors (Lipinski definition) is 2. The highest BCUT2D eigenvalue weighted by Gasteiger charge is 2.09. The molecule has 0 radical (unpaired) electrons. The van der Waals surface area contributed by atoms with Gasteiger partial charge >= 0.3 is 0 Å². The lowest BCUT2D eigenvalue weighted by Gasteiger charge is -2.06. The summed E-state index contributed by atoms with van der Waals surface area (Å²) in [5.41, 5.74) is 0.370. The molecule has 0 unspecified atom stereocenters. The molecule has 0 aliphatic heterocycles. The van der Waals surface area contributed by atoms with Crippen molar-refractivity contribution in [1.29, 1.82) is 0 Å². The molecule has 0 saturated carbocycles. The highest BCUT2D eigenvalue weighted by Crippen LogP contribution is 2.12. The summed E-state index contributed by atoms with van der Waals surface area (Å²) in [6, 6.07) is 7.17. The third-order valence-electron chi connectivity index (χ3n) is 2.96. The third kappa shape index (κ3) is 3.19. The van der Waals surface area contributed by atoms with Gasteiger partial charge in [0.25, 0.3) is 5.56 Å². The third-order valence-corrected chi connectivity index (χ3v) is 2.96. The number of aromatic amines is 1. The highest BCUT2D eigenvalue weighted by atomic mass is 16.1. The predicted molar refractivity (Wildman–Crippen MR) is 74.0 cm³/mol. The summed E-state index contributed by atoms with van der Waals surface area (Å²) in [6.07, 6.45) is 2.19. The number of benzene rings is 1. The Morgan fingerprint density at radius 3 is 2.79 bits per heavy atom. The zero-order valence-electron chi connectivity index (χ0n) is 10.9. The fourth-order valence-corrected chi connectivity index (χ4v) is 1.93. The summed E-state index contributed by atoms with van der Waals surface area (Å²) in [5, 5.41) is 10.5. The maximum atomic E-state index is 11.8. The molecule has 1 heterocycles. The maximum Gasteiger partial charge on any atom is 0.272 e. The average Bonchev–Trinajstić information content (AvgIpc) is 2.43. The van der Waals surface area contributed by atoms with Crippen molar-refractivity contribution < 1.29 is 4.79 Å². The lowest BCUT2D eigenvalue weighted by Crippen LogP contribution is -2.27. The van der Waals surface area contributed by atoms with Gasteiger partial charge in [0.05, 0.1) is 17.5 Å². The predicted octanol–water partition coefficient (Wildman–Crippen LogP) is 1.38. The minimum absolute atomic E-state index is 0.0712. The van der Waals surface area contributed by atoms with Crippen LogP contribution in [0.1, 0.15) is 25.5 Å². The molecule has 1 aromatic heterocycles. The zero-order valence-corrected chi connectivity index (χ0v) is 10.9. The molecule has 0 bridgehead atoms. The van der Waals surface area contributed by atoms with Crippen molar-refractivity contribution in [2.75, 3.05) is 6.54 Å². The lowest BCUT2D eigenvalue weighted by atomic mass is 10.1. The summed E-state index contributed by atoms with van der Waals surface area (Å²) in [4.78, 5) is 23.4. The van der Waals surface area contributed by atoms with Gasteiger partial charge in [0.15, 0.2) is 0 Å². The summed E-state index contributed by atoms with van der Waals surface area (Å²) >= 11 is 0. The van der Waals surface area contributed by atoms with Crippen molar-refractivity contribution in [3.05, 3.63) is 40.3 Å². The molecule has 0 saturated heterocycles. The number of nitrogens with one attached hydrogen (secondary N) is 2. The molecule has 2 aromatic rings. The molecular weight excluding hydrogens is 242 g/mol. The van der Waals surface area contributed by atoms with Crippen LogP contribution < -0.4 is 10.9 Å². The summed E-state index contributed by atoms with van der Waals surface area (Å²) in [5.74, 6) is -0.0712. The first-order valence-electron chi connectivity index (χ1n) is 6.45. The number of hydrogen-bond acceptors (Lipinski definition) is 3. The van der Waals surface area contributed by atoms with Gasteiger partial charge in [-0.2, -0.15) is 5.10 Å². The summed E-state index contributed by atoms with van der Waals surface area (Å²) < 4.78 is 0. The SMILES string of the molecule is CCCCNC(=O)Cc1n[nH]c(=O)c2ccccc12. The fourth-order valence-electron chi connectivity index (χ4n) is 1.93. The van der Waals surface area contributed by atoms with Crippen LogP contribution in [0, 0.1) is 0 Å². The Balaban J connectivity index is 2.19. The zero-order chi connectivity index (χ0) is 13.7. The Kier molecular flexibility index (Phi) is 4.28. The first-order chi connectivity index (χ1) is 9.22. The largest absolute Gasteiger partial charge is 0.356 e. The second kappa shape index (κ2) is 6.13. The average molecular weight is 259 g/mol. The van der Waals surface area contributed by atoms with Crippen LogP contribution >= 0.6 is 0 Å². The quantitative estimate of drug-likeness (QED) is 0.797.